The lowest BCUT2D eigenvalue weighted by atomic mass is 9.84. The molecule has 0 N–H and O–H groups in total. The number of hydrogen-bond acceptors (Lipinski definition) is 0. The van der Waals surface area contributed by atoms with Crippen molar-refractivity contribution >= 4 is 43.1 Å². The van der Waals surface area contributed by atoms with Gasteiger partial charge in [-0.15, -0.1) is 0 Å². The van der Waals surface area contributed by atoms with Crippen LogP contribution in [0, 0.1) is 0 Å². The summed E-state index contributed by atoms with van der Waals surface area (Å²) < 4.78 is 0. The molecule has 0 radical (unpaired) electrons. The Balaban J connectivity index is 1.75. The van der Waals surface area contributed by atoms with Crippen LogP contribution in [0.25, 0.3) is 43.1 Å². The van der Waals surface area contributed by atoms with Gasteiger partial charge in [0.05, 0.1) is 0 Å². The van der Waals surface area contributed by atoms with Crippen molar-refractivity contribution in [2.75, 3.05) is 0 Å². The van der Waals surface area contributed by atoms with Gasteiger partial charge in [0.25, 0.3) is 0 Å². The predicted octanol–water partition coefficient (Wildman–Crippen LogP) is 9.01. The van der Waals surface area contributed by atoms with E-state index in [0.29, 0.717) is 0 Å². The maximum atomic E-state index is 2.32. The lowest BCUT2D eigenvalue weighted by molar-refractivity contribution is 1.17. The minimum absolute atomic E-state index is 0.927. The second-order valence-electron chi connectivity index (χ2n) is 8.98. The fourth-order valence-electron chi connectivity index (χ4n) is 5.94. The summed E-state index contributed by atoms with van der Waals surface area (Å²) in [6.07, 6.45) is 3.01. The second kappa shape index (κ2) is 8.05. The van der Waals surface area contributed by atoms with Crippen molar-refractivity contribution < 1.29 is 0 Å². The van der Waals surface area contributed by atoms with Crippen LogP contribution in [0.15, 0.2) is 97.1 Å². The molecule has 0 heteroatoms. The van der Waals surface area contributed by atoms with Gasteiger partial charge in [-0.2, -0.15) is 0 Å². The SMILES string of the molecule is CCc1c2ccccc2c(Cc2c3ccccc3c(CC)c3ccccc23)c2ccccc12. The molecule has 160 valence electrons. The van der Waals surface area contributed by atoms with Gasteiger partial charge in [-0.3, -0.25) is 0 Å². The first kappa shape index (κ1) is 20.0. The topological polar surface area (TPSA) is 0 Å². The smallest absolute Gasteiger partial charge is 0.000111 e. The van der Waals surface area contributed by atoms with Crippen molar-refractivity contribution in [3.8, 4) is 0 Å². The highest BCUT2D eigenvalue weighted by molar-refractivity contribution is 6.09. The Morgan fingerprint density at radius 3 is 0.758 bits per heavy atom. The van der Waals surface area contributed by atoms with Crippen LogP contribution < -0.4 is 0 Å². The van der Waals surface area contributed by atoms with Crippen LogP contribution >= 0.6 is 0 Å². The Bertz CT molecular complexity index is 1410. The minimum atomic E-state index is 0.927. The van der Waals surface area contributed by atoms with E-state index in [2.05, 4.69) is 111 Å². The molecule has 0 saturated carbocycles. The van der Waals surface area contributed by atoms with E-state index in [1.807, 2.05) is 0 Å². The molecule has 0 aliphatic heterocycles. The van der Waals surface area contributed by atoms with E-state index < -0.39 is 0 Å². The van der Waals surface area contributed by atoms with E-state index in [4.69, 9.17) is 0 Å². The van der Waals surface area contributed by atoms with Gasteiger partial charge in [-0.05, 0) is 84.6 Å². The number of benzene rings is 6. The molecule has 0 amide bonds. The molecule has 0 atom stereocenters. The Labute approximate surface area is 195 Å². The molecule has 0 aromatic heterocycles. The molecule has 33 heavy (non-hydrogen) atoms. The summed E-state index contributed by atoms with van der Waals surface area (Å²) in [6.45, 7) is 4.55. The number of hydrogen-bond donors (Lipinski definition) is 0. The first-order chi connectivity index (χ1) is 16.3. The summed E-state index contributed by atoms with van der Waals surface area (Å²) in [4.78, 5) is 0. The van der Waals surface area contributed by atoms with Gasteiger partial charge in [-0.1, -0.05) is 111 Å². The molecule has 6 aromatic rings. The first-order valence-electron chi connectivity index (χ1n) is 12.1. The number of rotatable bonds is 4. The highest BCUT2D eigenvalue weighted by Gasteiger charge is 2.17. The van der Waals surface area contributed by atoms with Crippen LogP contribution in [0.5, 0.6) is 0 Å². The molecule has 0 aliphatic carbocycles. The van der Waals surface area contributed by atoms with Crippen molar-refractivity contribution in [2.24, 2.45) is 0 Å². The maximum absolute atomic E-state index is 2.32. The van der Waals surface area contributed by atoms with Crippen molar-refractivity contribution in [3.05, 3.63) is 119 Å². The number of fused-ring (bicyclic) bond motifs is 4. The Hall–Kier alpha value is -3.64. The average Bonchev–Trinajstić information content (AvgIpc) is 2.88. The second-order valence-corrected chi connectivity index (χ2v) is 8.98. The molecule has 0 nitrogen and oxygen atoms in total. The normalized spacial score (nSPS) is 11.7. The third-order valence-corrected chi connectivity index (χ3v) is 7.37. The zero-order valence-electron chi connectivity index (χ0n) is 19.4. The fraction of sp³-hybridized carbons (Fsp3) is 0.152. The Morgan fingerprint density at radius 2 is 0.545 bits per heavy atom. The van der Waals surface area contributed by atoms with E-state index in [-0.39, 0.29) is 0 Å². The van der Waals surface area contributed by atoms with Crippen LogP contribution in [0.1, 0.15) is 36.1 Å². The molecule has 0 fully saturated rings. The van der Waals surface area contributed by atoms with Crippen LogP contribution in [0.3, 0.4) is 0 Å². The largest absolute Gasteiger partial charge is 0.0616 e. The average molecular weight is 425 g/mol. The molecule has 0 aliphatic rings. The van der Waals surface area contributed by atoms with Gasteiger partial charge < -0.3 is 0 Å². The summed E-state index contributed by atoms with van der Waals surface area (Å²) in [5.74, 6) is 0. The van der Waals surface area contributed by atoms with Crippen LogP contribution in [-0.2, 0) is 19.3 Å². The molecule has 6 rings (SSSR count). The van der Waals surface area contributed by atoms with E-state index in [1.54, 1.807) is 0 Å². The van der Waals surface area contributed by atoms with Crippen molar-refractivity contribution in [1.82, 2.24) is 0 Å². The third kappa shape index (κ3) is 3.05. The molecular formula is C33H28. The van der Waals surface area contributed by atoms with Crippen molar-refractivity contribution in [1.29, 1.82) is 0 Å². The summed E-state index contributed by atoms with van der Waals surface area (Å²) in [7, 11) is 0. The van der Waals surface area contributed by atoms with Crippen LogP contribution in [0.2, 0.25) is 0 Å². The summed E-state index contributed by atoms with van der Waals surface area (Å²) in [6, 6.07) is 36.0. The quantitative estimate of drug-likeness (QED) is 0.248. The standard InChI is InChI=1S/C33H28/c1-3-22-24-13-5-9-17-28(24)32(29-18-10-6-14-25(22)29)21-33-30-19-11-7-15-26(30)23(4-2)27-16-8-12-20-31(27)33/h5-20H,3-4,21H2,1-2H3. The zero-order chi connectivity index (χ0) is 22.4. The Kier molecular flexibility index (Phi) is 4.88. The molecule has 0 spiro atoms. The summed E-state index contributed by atoms with van der Waals surface area (Å²) in [5, 5.41) is 11.1. The molecular weight excluding hydrogens is 396 g/mol. The molecule has 0 heterocycles. The van der Waals surface area contributed by atoms with Gasteiger partial charge in [0.15, 0.2) is 0 Å². The van der Waals surface area contributed by atoms with Gasteiger partial charge >= 0.3 is 0 Å². The van der Waals surface area contributed by atoms with Crippen molar-refractivity contribution in [3.63, 3.8) is 0 Å². The minimum Gasteiger partial charge on any atom is -0.0616 e. The molecule has 0 bridgehead atoms. The third-order valence-electron chi connectivity index (χ3n) is 7.37. The zero-order valence-corrected chi connectivity index (χ0v) is 19.4. The molecule has 6 aromatic carbocycles. The predicted molar refractivity (Wildman–Crippen MR) is 144 cm³/mol. The van der Waals surface area contributed by atoms with E-state index >= 15 is 0 Å². The van der Waals surface area contributed by atoms with Gasteiger partial charge in [0.2, 0.25) is 0 Å². The lowest BCUT2D eigenvalue weighted by Gasteiger charge is -2.20. The van der Waals surface area contributed by atoms with Gasteiger partial charge in [0.1, 0.15) is 0 Å². The van der Waals surface area contributed by atoms with Gasteiger partial charge in [0, 0.05) is 0 Å². The van der Waals surface area contributed by atoms with E-state index in [0.717, 1.165) is 19.3 Å². The molecule has 0 unspecified atom stereocenters. The fourth-order valence-corrected chi connectivity index (χ4v) is 5.94. The lowest BCUT2D eigenvalue weighted by Crippen LogP contribution is -2.00. The van der Waals surface area contributed by atoms with E-state index in [9.17, 15) is 0 Å². The van der Waals surface area contributed by atoms with E-state index in [1.165, 1.54) is 65.3 Å². The van der Waals surface area contributed by atoms with Crippen LogP contribution in [0.4, 0.5) is 0 Å². The highest BCUT2D eigenvalue weighted by atomic mass is 14.2. The van der Waals surface area contributed by atoms with Crippen LogP contribution in [-0.4, -0.2) is 0 Å². The summed E-state index contributed by atoms with van der Waals surface area (Å²) in [5.41, 5.74) is 5.80. The number of aryl methyl sites for hydroxylation is 2. The summed E-state index contributed by atoms with van der Waals surface area (Å²) >= 11 is 0. The highest BCUT2D eigenvalue weighted by Crippen LogP contribution is 2.39. The monoisotopic (exact) mass is 424 g/mol. The van der Waals surface area contributed by atoms with Gasteiger partial charge in [-0.25, -0.2) is 0 Å². The maximum Gasteiger partial charge on any atom is -0.000111 e. The first-order valence-corrected chi connectivity index (χ1v) is 12.1. The Morgan fingerprint density at radius 1 is 0.333 bits per heavy atom. The van der Waals surface area contributed by atoms with Crippen molar-refractivity contribution in [2.45, 2.75) is 33.1 Å². The molecule has 0 saturated heterocycles.